The molecule has 0 bridgehead atoms. The zero-order valence-corrected chi connectivity index (χ0v) is 16.1. The van der Waals surface area contributed by atoms with E-state index < -0.39 is 5.97 Å². The van der Waals surface area contributed by atoms with E-state index in [9.17, 15) is 14.7 Å². The molecule has 0 radical (unpaired) electrons. The zero-order valence-electron chi connectivity index (χ0n) is 15.3. The minimum Gasteiger partial charge on any atom is -0.478 e. The van der Waals surface area contributed by atoms with Gasteiger partial charge < -0.3 is 9.52 Å². The second-order valence-electron chi connectivity index (χ2n) is 6.39. The van der Waals surface area contributed by atoms with Crippen LogP contribution in [0.25, 0.3) is 17.4 Å². The molecule has 0 aliphatic carbocycles. The second-order valence-corrected chi connectivity index (χ2v) is 6.83. The van der Waals surface area contributed by atoms with Gasteiger partial charge in [-0.05, 0) is 49.4 Å². The first kappa shape index (κ1) is 18.7. The molecule has 144 valence electrons. The summed E-state index contributed by atoms with van der Waals surface area (Å²) in [4.78, 5) is 24.3. The van der Waals surface area contributed by atoms with E-state index in [0.29, 0.717) is 39.1 Å². The van der Waals surface area contributed by atoms with Crippen molar-refractivity contribution in [2.75, 3.05) is 5.01 Å². The number of carbonyl (C=O) groups excluding carboxylic acids is 1. The number of anilines is 1. The molecule has 1 aliphatic heterocycles. The lowest BCUT2D eigenvalue weighted by molar-refractivity contribution is -0.114. The second kappa shape index (κ2) is 7.41. The molecule has 0 saturated heterocycles. The highest BCUT2D eigenvalue weighted by Gasteiger charge is 2.29. The van der Waals surface area contributed by atoms with E-state index in [1.54, 1.807) is 67.6 Å². The molecule has 2 aromatic carbocycles. The summed E-state index contributed by atoms with van der Waals surface area (Å²) in [7, 11) is 0. The third-order valence-corrected chi connectivity index (χ3v) is 4.69. The van der Waals surface area contributed by atoms with Crippen LogP contribution >= 0.6 is 11.6 Å². The predicted molar refractivity (Wildman–Crippen MR) is 111 cm³/mol. The predicted octanol–water partition coefficient (Wildman–Crippen LogP) is 5.10. The fourth-order valence-corrected chi connectivity index (χ4v) is 3.25. The lowest BCUT2D eigenvalue weighted by Crippen LogP contribution is -2.21. The Hall–Kier alpha value is -3.64. The smallest absolute Gasteiger partial charge is 0.336 e. The molecule has 1 aromatic heterocycles. The molecule has 0 spiro atoms. The quantitative estimate of drug-likeness (QED) is 0.610. The number of hydrogen-bond donors (Lipinski definition) is 1. The molecule has 0 unspecified atom stereocenters. The van der Waals surface area contributed by atoms with Crippen molar-refractivity contribution in [2.24, 2.45) is 5.10 Å². The normalized spacial score (nSPS) is 15.1. The van der Waals surface area contributed by atoms with Crippen molar-refractivity contribution in [1.29, 1.82) is 0 Å². The average molecular weight is 407 g/mol. The van der Waals surface area contributed by atoms with Crippen molar-refractivity contribution < 1.29 is 19.1 Å². The third-order valence-electron chi connectivity index (χ3n) is 4.45. The average Bonchev–Trinajstić information content (AvgIpc) is 3.28. The number of furan rings is 1. The molecule has 2 heterocycles. The number of hydrogen-bond acceptors (Lipinski definition) is 4. The van der Waals surface area contributed by atoms with Crippen LogP contribution in [0.4, 0.5) is 5.69 Å². The van der Waals surface area contributed by atoms with E-state index in [-0.39, 0.29) is 11.5 Å². The van der Waals surface area contributed by atoms with Crippen molar-refractivity contribution in [3.63, 3.8) is 0 Å². The van der Waals surface area contributed by atoms with Crippen molar-refractivity contribution in [3.8, 4) is 11.3 Å². The molecule has 1 amide bonds. The van der Waals surface area contributed by atoms with Gasteiger partial charge in [0.2, 0.25) is 0 Å². The van der Waals surface area contributed by atoms with E-state index in [4.69, 9.17) is 16.0 Å². The molecular weight excluding hydrogens is 392 g/mol. The number of halogens is 1. The first-order valence-corrected chi connectivity index (χ1v) is 9.11. The monoisotopic (exact) mass is 406 g/mol. The van der Waals surface area contributed by atoms with Crippen molar-refractivity contribution in [2.45, 2.75) is 6.92 Å². The summed E-state index contributed by atoms with van der Waals surface area (Å²) >= 11 is 6.01. The Kier molecular flexibility index (Phi) is 4.78. The van der Waals surface area contributed by atoms with E-state index in [2.05, 4.69) is 5.10 Å². The van der Waals surface area contributed by atoms with Gasteiger partial charge in [0, 0.05) is 10.6 Å². The molecule has 0 saturated carbocycles. The highest BCUT2D eigenvalue weighted by Crippen LogP contribution is 2.30. The topological polar surface area (TPSA) is 83.1 Å². The molecule has 3 aromatic rings. The van der Waals surface area contributed by atoms with Crippen molar-refractivity contribution in [3.05, 3.63) is 82.6 Å². The summed E-state index contributed by atoms with van der Waals surface area (Å²) < 4.78 is 5.79. The summed E-state index contributed by atoms with van der Waals surface area (Å²) in [6, 6.07) is 16.8. The van der Waals surface area contributed by atoms with Crippen LogP contribution in [0.15, 0.2) is 75.8 Å². The van der Waals surface area contributed by atoms with Crippen LogP contribution < -0.4 is 5.01 Å². The number of hydrazone groups is 1. The van der Waals surface area contributed by atoms with Crippen LogP contribution in [0, 0.1) is 0 Å². The van der Waals surface area contributed by atoms with Gasteiger partial charge in [-0.25, -0.2) is 4.79 Å². The fraction of sp³-hybridized carbons (Fsp3) is 0.0455. The minimum absolute atomic E-state index is 0.142. The Labute approximate surface area is 171 Å². The Balaban J connectivity index is 1.66. The van der Waals surface area contributed by atoms with E-state index in [1.165, 1.54) is 11.1 Å². The Morgan fingerprint density at radius 2 is 1.93 bits per heavy atom. The summed E-state index contributed by atoms with van der Waals surface area (Å²) in [5.41, 5.74) is 2.10. The van der Waals surface area contributed by atoms with Crippen LogP contribution in [0.1, 0.15) is 23.0 Å². The van der Waals surface area contributed by atoms with Crippen LogP contribution in [0.5, 0.6) is 0 Å². The zero-order chi connectivity index (χ0) is 20.5. The summed E-state index contributed by atoms with van der Waals surface area (Å²) in [5, 5.41) is 15.5. The number of rotatable bonds is 4. The van der Waals surface area contributed by atoms with Gasteiger partial charge in [-0.15, -0.1) is 0 Å². The van der Waals surface area contributed by atoms with Crippen LogP contribution in [-0.4, -0.2) is 22.7 Å². The number of carboxylic acid groups (broad SMARTS) is 1. The largest absolute Gasteiger partial charge is 0.478 e. The molecule has 0 fully saturated rings. The van der Waals surface area contributed by atoms with Gasteiger partial charge in [0.05, 0.1) is 22.5 Å². The van der Waals surface area contributed by atoms with Gasteiger partial charge in [-0.3, -0.25) is 4.79 Å². The number of nitrogens with zero attached hydrogens (tertiary/aromatic N) is 2. The number of benzene rings is 2. The Bertz CT molecular complexity index is 1190. The van der Waals surface area contributed by atoms with Gasteiger partial charge >= 0.3 is 5.97 Å². The van der Waals surface area contributed by atoms with Gasteiger partial charge in [0.15, 0.2) is 0 Å². The number of carboxylic acids is 1. The number of amides is 1. The summed E-state index contributed by atoms with van der Waals surface area (Å²) in [5.74, 6) is -0.510. The maximum atomic E-state index is 12.8. The standard InChI is InChI=1S/C22H15ClN2O4/c1-13-19(21(26)25(24-13)15-6-4-5-14(23)11-15)12-16-9-10-20(29-16)17-7-2-3-8-18(17)22(27)28/h2-12H,1H3,(H,27,28)/b19-12-. The van der Waals surface area contributed by atoms with Crippen molar-refractivity contribution >= 4 is 41.0 Å². The minimum atomic E-state index is -1.04. The van der Waals surface area contributed by atoms with E-state index in [0.717, 1.165) is 0 Å². The highest BCUT2D eigenvalue weighted by molar-refractivity contribution is 6.33. The van der Waals surface area contributed by atoms with Crippen LogP contribution in [-0.2, 0) is 4.79 Å². The molecule has 1 aliphatic rings. The first-order chi connectivity index (χ1) is 13.9. The SMILES string of the molecule is CC1=NN(c2cccc(Cl)c2)C(=O)/C1=C\c1ccc(-c2ccccc2C(=O)O)o1. The van der Waals surface area contributed by atoms with Gasteiger partial charge in [0.1, 0.15) is 11.5 Å². The van der Waals surface area contributed by atoms with Gasteiger partial charge in [-0.1, -0.05) is 35.9 Å². The van der Waals surface area contributed by atoms with Crippen molar-refractivity contribution in [1.82, 2.24) is 0 Å². The van der Waals surface area contributed by atoms with Gasteiger partial charge in [-0.2, -0.15) is 10.1 Å². The summed E-state index contributed by atoms with van der Waals surface area (Å²) in [6.07, 6.45) is 1.60. The molecule has 0 atom stereocenters. The lowest BCUT2D eigenvalue weighted by Gasteiger charge is -2.11. The van der Waals surface area contributed by atoms with E-state index >= 15 is 0 Å². The molecule has 1 N–H and O–H groups in total. The highest BCUT2D eigenvalue weighted by atomic mass is 35.5. The third kappa shape index (κ3) is 3.58. The maximum Gasteiger partial charge on any atom is 0.336 e. The molecule has 7 heteroatoms. The van der Waals surface area contributed by atoms with Crippen LogP contribution in [0.3, 0.4) is 0 Å². The lowest BCUT2D eigenvalue weighted by atomic mass is 10.1. The summed E-state index contributed by atoms with van der Waals surface area (Å²) in [6.45, 7) is 1.73. The maximum absolute atomic E-state index is 12.8. The van der Waals surface area contributed by atoms with E-state index in [1.807, 2.05) is 0 Å². The Morgan fingerprint density at radius 1 is 1.14 bits per heavy atom. The van der Waals surface area contributed by atoms with Gasteiger partial charge in [0.25, 0.3) is 5.91 Å². The molecular formula is C22H15ClN2O4. The number of aromatic carboxylic acids is 1. The Morgan fingerprint density at radius 3 is 2.69 bits per heavy atom. The first-order valence-electron chi connectivity index (χ1n) is 8.74. The fourth-order valence-electron chi connectivity index (χ4n) is 3.07. The molecule has 29 heavy (non-hydrogen) atoms. The van der Waals surface area contributed by atoms with Crippen LogP contribution in [0.2, 0.25) is 5.02 Å². The number of carbonyl (C=O) groups is 2. The molecule has 6 nitrogen and oxygen atoms in total. The molecule has 4 rings (SSSR count).